The Morgan fingerprint density at radius 2 is 1.88 bits per heavy atom. The van der Waals surface area contributed by atoms with E-state index >= 15 is 0 Å². The molecule has 1 fully saturated rings. The van der Waals surface area contributed by atoms with Crippen molar-refractivity contribution in [1.82, 2.24) is 10.3 Å². The quantitative estimate of drug-likeness (QED) is 0.698. The second kappa shape index (κ2) is 8.06. The van der Waals surface area contributed by atoms with Gasteiger partial charge in [0.15, 0.2) is 17.6 Å². The lowest BCUT2D eigenvalue weighted by atomic mass is 10.0. The predicted molar refractivity (Wildman–Crippen MR) is 98.1 cm³/mol. The first-order valence-electron chi connectivity index (χ1n) is 8.92. The number of hydrogen-bond donors (Lipinski definition) is 1. The van der Waals surface area contributed by atoms with Gasteiger partial charge in [0.1, 0.15) is 12.9 Å². The molecule has 3 aromatic rings. The summed E-state index contributed by atoms with van der Waals surface area (Å²) in [4.78, 5) is 4.32. The number of benzene rings is 2. The monoisotopic (exact) mass is 350 g/mol. The van der Waals surface area contributed by atoms with Crippen molar-refractivity contribution in [3.63, 3.8) is 0 Å². The van der Waals surface area contributed by atoms with Crippen molar-refractivity contribution in [1.29, 1.82) is 0 Å². The Morgan fingerprint density at radius 3 is 2.62 bits per heavy atom. The third kappa shape index (κ3) is 3.89. The second-order valence-electron chi connectivity index (χ2n) is 6.38. The number of hydrogen-bond acceptors (Lipinski definition) is 5. The van der Waals surface area contributed by atoms with Gasteiger partial charge in [-0.25, -0.2) is 4.98 Å². The minimum atomic E-state index is -0.235. The average molecular weight is 350 g/mol. The van der Waals surface area contributed by atoms with Crippen LogP contribution < -0.4 is 14.8 Å². The number of aromatic nitrogens is 1. The van der Waals surface area contributed by atoms with Gasteiger partial charge in [-0.2, -0.15) is 0 Å². The number of para-hydroxylation sites is 2. The summed E-state index contributed by atoms with van der Waals surface area (Å²) in [6.45, 7) is 2.37. The Morgan fingerprint density at radius 1 is 1.08 bits per heavy atom. The molecule has 2 heterocycles. The van der Waals surface area contributed by atoms with Crippen LogP contribution in [0.25, 0.3) is 0 Å². The second-order valence-corrected chi connectivity index (χ2v) is 6.38. The number of nitrogens with one attached hydrogen (secondary N) is 1. The Kier molecular flexibility index (Phi) is 5.17. The lowest BCUT2D eigenvalue weighted by Crippen LogP contribution is -2.22. The Labute approximate surface area is 153 Å². The Balaban J connectivity index is 1.52. The third-order valence-corrected chi connectivity index (χ3v) is 4.56. The van der Waals surface area contributed by atoms with Gasteiger partial charge in [-0.05, 0) is 30.7 Å². The summed E-state index contributed by atoms with van der Waals surface area (Å²) >= 11 is 0. The maximum Gasteiger partial charge on any atom is 0.235 e. The zero-order valence-electron chi connectivity index (χ0n) is 14.5. The van der Waals surface area contributed by atoms with Gasteiger partial charge in [0.25, 0.3) is 0 Å². The first-order valence-corrected chi connectivity index (χ1v) is 8.92. The van der Waals surface area contributed by atoms with Crippen LogP contribution in [0.15, 0.2) is 71.5 Å². The van der Waals surface area contributed by atoms with Gasteiger partial charge in [0.2, 0.25) is 5.89 Å². The average Bonchev–Trinajstić information content (AvgIpc) is 3.40. The van der Waals surface area contributed by atoms with Gasteiger partial charge in [-0.15, -0.1) is 0 Å². The SMILES string of the molecule is c1ccc(COc2ccccc2O[C@@H](c2ncco2)[C@H]2CCNC2)cc1. The molecule has 0 aliphatic carbocycles. The van der Waals surface area contributed by atoms with E-state index in [1.165, 1.54) is 0 Å². The highest BCUT2D eigenvalue weighted by Crippen LogP contribution is 2.36. The molecule has 0 spiro atoms. The smallest absolute Gasteiger partial charge is 0.235 e. The molecule has 1 aliphatic rings. The van der Waals surface area contributed by atoms with Crippen LogP contribution in [0.5, 0.6) is 11.5 Å². The fourth-order valence-corrected chi connectivity index (χ4v) is 3.20. The van der Waals surface area contributed by atoms with Crippen molar-refractivity contribution in [2.75, 3.05) is 13.1 Å². The molecule has 2 aromatic carbocycles. The molecule has 26 heavy (non-hydrogen) atoms. The number of rotatable bonds is 7. The van der Waals surface area contributed by atoms with Crippen LogP contribution >= 0.6 is 0 Å². The fourth-order valence-electron chi connectivity index (χ4n) is 3.20. The van der Waals surface area contributed by atoms with Gasteiger partial charge < -0.3 is 19.2 Å². The number of oxazole rings is 1. The maximum absolute atomic E-state index is 6.34. The van der Waals surface area contributed by atoms with E-state index in [-0.39, 0.29) is 6.10 Å². The maximum atomic E-state index is 6.34. The predicted octanol–water partition coefficient (Wildman–Crippen LogP) is 3.98. The summed E-state index contributed by atoms with van der Waals surface area (Å²) in [6, 6.07) is 17.9. The van der Waals surface area contributed by atoms with Crippen molar-refractivity contribution in [2.45, 2.75) is 19.1 Å². The van der Waals surface area contributed by atoms with E-state index < -0.39 is 0 Å². The van der Waals surface area contributed by atoms with Crippen molar-refractivity contribution in [2.24, 2.45) is 5.92 Å². The summed E-state index contributed by atoms with van der Waals surface area (Å²) in [5.41, 5.74) is 1.12. The molecule has 134 valence electrons. The van der Waals surface area contributed by atoms with Crippen LogP contribution in [0.2, 0.25) is 0 Å². The first kappa shape index (κ1) is 16.7. The Bertz CT molecular complexity index is 799. The van der Waals surface area contributed by atoms with Gasteiger partial charge in [0, 0.05) is 12.5 Å². The molecular formula is C21H22N2O3. The molecule has 0 saturated carbocycles. The molecule has 1 saturated heterocycles. The van der Waals surface area contributed by atoms with Gasteiger partial charge >= 0.3 is 0 Å². The van der Waals surface area contributed by atoms with Crippen molar-refractivity contribution in [3.8, 4) is 11.5 Å². The largest absolute Gasteiger partial charge is 0.485 e. The zero-order valence-corrected chi connectivity index (χ0v) is 14.5. The highest BCUT2D eigenvalue weighted by molar-refractivity contribution is 5.40. The number of ether oxygens (including phenoxy) is 2. The summed E-state index contributed by atoms with van der Waals surface area (Å²) < 4.78 is 17.9. The van der Waals surface area contributed by atoms with Gasteiger partial charge in [0.05, 0.1) is 6.20 Å². The minimum absolute atomic E-state index is 0.235. The van der Waals surface area contributed by atoms with Crippen LogP contribution in [-0.4, -0.2) is 18.1 Å². The lowest BCUT2D eigenvalue weighted by molar-refractivity contribution is 0.108. The fraction of sp³-hybridized carbons (Fsp3) is 0.286. The molecule has 4 rings (SSSR count). The van der Waals surface area contributed by atoms with Crippen LogP contribution in [-0.2, 0) is 6.61 Å². The molecule has 0 amide bonds. The lowest BCUT2D eigenvalue weighted by Gasteiger charge is -2.23. The first-order chi connectivity index (χ1) is 12.9. The standard InChI is InChI=1S/C21H22N2O3/c1-2-6-16(7-3-1)15-25-18-8-4-5-9-19(18)26-20(17-10-11-22-14-17)21-23-12-13-24-21/h1-9,12-13,17,20,22H,10-11,14-15H2/t17-,20+/m0/s1. The van der Waals surface area contributed by atoms with E-state index in [0.29, 0.717) is 24.2 Å². The van der Waals surface area contributed by atoms with Crippen LogP contribution in [0.1, 0.15) is 24.0 Å². The molecule has 1 aromatic heterocycles. The normalized spacial score (nSPS) is 17.8. The van der Waals surface area contributed by atoms with Crippen molar-refractivity contribution >= 4 is 0 Å². The molecule has 1 aliphatic heterocycles. The molecule has 0 unspecified atom stereocenters. The third-order valence-electron chi connectivity index (χ3n) is 4.56. The topological polar surface area (TPSA) is 56.5 Å². The van der Waals surface area contributed by atoms with Gasteiger partial charge in [-0.1, -0.05) is 42.5 Å². The molecule has 5 heteroatoms. The van der Waals surface area contributed by atoms with E-state index in [1.807, 2.05) is 54.6 Å². The summed E-state index contributed by atoms with van der Waals surface area (Å²) in [6.07, 6.45) is 4.04. The van der Waals surface area contributed by atoms with Crippen molar-refractivity contribution in [3.05, 3.63) is 78.5 Å². The van der Waals surface area contributed by atoms with E-state index in [1.54, 1.807) is 12.5 Å². The van der Waals surface area contributed by atoms with Crippen LogP contribution in [0, 0.1) is 5.92 Å². The Hall–Kier alpha value is -2.79. The minimum Gasteiger partial charge on any atom is -0.485 e. The van der Waals surface area contributed by atoms with E-state index in [2.05, 4.69) is 10.3 Å². The highest BCUT2D eigenvalue weighted by atomic mass is 16.5. The summed E-state index contributed by atoms with van der Waals surface area (Å²) in [5.74, 6) is 2.35. The molecule has 2 atom stereocenters. The number of nitrogens with zero attached hydrogens (tertiary/aromatic N) is 1. The van der Waals surface area contributed by atoms with Crippen molar-refractivity contribution < 1.29 is 13.9 Å². The molecule has 0 radical (unpaired) electrons. The van der Waals surface area contributed by atoms with Crippen LogP contribution in [0.4, 0.5) is 0 Å². The van der Waals surface area contributed by atoms with E-state index in [0.717, 1.165) is 30.8 Å². The molecule has 5 nitrogen and oxygen atoms in total. The van der Waals surface area contributed by atoms with Crippen LogP contribution in [0.3, 0.4) is 0 Å². The molecular weight excluding hydrogens is 328 g/mol. The van der Waals surface area contributed by atoms with E-state index in [9.17, 15) is 0 Å². The van der Waals surface area contributed by atoms with Gasteiger partial charge in [-0.3, -0.25) is 0 Å². The zero-order chi connectivity index (χ0) is 17.6. The molecule has 0 bridgehead atoms. The summed E-state index contributed by atoms with van der Waals surface area (Å²) in [7, 11) is 0. The highest BCUT2D eigenvalue weighted by Gasteiger charge is 2.32. The molecule has 1 N–H and O–H groups in total. The van der Waals surface area contributed by atoms with E-state index in [4.69, 9.17) is 13.9 Å². The summed E-state index contributed by atoms with van der Waals surface area (Å²) in [5, 5.41) is 3.38.